The first-order valence-corrected chi connectivity index (χ1v) is 4.29. The van der Waals surface area contributed by atoms with Crippen LogP contribution in [0.5, 0.6) is 0 Å². The van der Waals surface area contributed by atoms with Crippen molar-refractivity contribution in [1.29, 1.82) is 0 Å². The summed E-state index contributed by atoms with van der Waals surface area (Å²) in [5, 5.41) is 1.99. The lowest BCUT2D eigenvalue weighted by Crippen LogP contribution is -1.72. The van der Waals surface area contributed by atoms with Crippen LogP contribution < -0.4 is 0 Å². The van der Waals surface area contributed by atoms with E-state index >= 15 is 0 Å². The summed E-state index contributed by atoms with van der Waals surface area (Å²) in [6.45, 7) is 9.70. The van der Waals surface area contributed by atoms with Crippen molar-refractivity contribution in [3.8, 4) is 0 Å². The Morgan fingerprint density at radius 2 is 2.20 bits per heavy atom. The van der Waals surface area contributed by atoms with E-state index in [0.29, 0.717) is 0 Å². The molecule has 1 aromatic rings. The number of rotatable bonds is 1. The van der Waals surface area contributed by atoms with Crippen molar-refractivity contribution >= 4 is 16.9 Å². The summed E-state index contributed by atoms with van der Waals surface area (Å²) >= 11 is 1.60. The Morgan fingerprint density at radius 3 is 2.40 bits per heavy atom. The van der Waals surface area contributed by atoms with Gasteiger partial charge in [-0.05, 0) is 12.5 Å². The van der Waals surface area contributed by atoms with Crippen LogP contribution in [0.4, 0.5) is 0 Å². The minimum atomic E-state index is 1.01. The maximum atomic E-state index is 4.03. The van der Waals surface area contributed by atoms with Crippen molar-refractivity contribution in [2.45, 2.75) is 20.8 Å². The Kier molecular flexibility index (Phi) is 4.85. The molecular formula is C8H13NS. The molecule has 56 valence electrons. The highest BCUT2D eigenvalue weighted by atomic mass is 32.1. The number of allylic oxidation sites excluding steroid dienone is 1. The number of thiazole rings is 1. The van der Waals surface area contributed by atoms with E-state index in [-0.39, 0.29) is 0 Å². The molecule has 0 aliphatic rings. The SMILES string of the molecule is C=C(C)c1cscn1.CC. The molecule has 1 heterocycles. The highest BCUT2D eigenvalue weighted by molar-refractivity contribution is 7.07. The molecule has 0 saturated carbocycles. The van der Waals surface area contributed by atoms with Gasteiger partial charge in [-0.3, -0.25) is 0 Å². The summed E-state index contributed by atoms with van der Waals surface area (Å²) in [4.78, 5) is 4.03. The van der Waals surface area contributed by atoms with Crippen LogP contribution in [0.25, 0.3) is 5.57 Å². The molecule has 0 amide bonds. The van der Waals surface area contributed by atoms with Crippen LogP contribution in [0.15, 0.2) is 17.5 Å². The van der Waals surface area contributed by atoms with Crippen molar-refractivity contribution in [3.05, 3.63) is 23.2 Å². The van der Waals surface area contributed by atoms with Crippen LogP contribution in [0.2, 0.25) is 0 Å². The van der Waals surface area contributed by atoms with Crippen molar-refractivity contribution in [1.82, 2.24) is 4.98 Å². The molecule has 10 heavy (non-hydrogen) atoms. The summed E-state index contributed by atoms with van der Waals surface area (Å²) in [6.07, 6.45) is 0. The van der Waals surface area contributed by atoms with Gasteiger partial charge in [-0.1, -0.05) is 20.4 Å². The van der Waals surface area contributed by atoms with Gasteiger partial charge in [-0.25, -0.2) is 4.98 Å². The zero-order valence-corrected chi connectivity index (χ0v) is 7.53. The highest BCUT2D eigenvalue weighted by Crippen LogP contribution is 2.09. The third-order valence-electron chi connectivity index (χ3n) is 0.870. The van der Waals surface area contributed by atoms with Gasteiger partial charge in [0.2, 0.25) is 0 Å². The van der Waals surface area contributed by atoms with Crippen molar-refractivity contribution in [2.75, 3.05) is 0 Å². The lowest BCUT2D eigenvalue weighted by molar-refractivity contribution is 1.35. The molecule has 0 radical (unpaired) electrons. The van der Waals surface area contributed by atoms with E-state index in [1.807, 2.05) is 31.7 Å². The van der Waals surface area contributed by atoms with Crippen LogP contribution in [-0.2, 0) is 0 Å². The normalized spacial score (nSPS) is 7.90. The predicted octanol–water partition coefficient (Wildman–Crippen LogP) is 3.20. The van der Waals surface area contributed by atoms with Gasteiger partial charge >= 0.3 is 0 Å². The minimum absolute atomic E-state index is 1.01. The molecule has 0 N–H and O–H groups in total. The monoisotopic (exact) mass is 155 g/mol. The average molecular weight is 155 g/mol. The number of hydrogen-bond acceptors (Lipinski definition) is 2. The van der Waals surface area contributed by atoms with Gasteiger partial charge in [-0.15, -0.1) is 11.3 Å². The molecular weight excluding hydrogens is 142 g/mol. The molecule has 1 aromatic heterocycles. The second kappa shape index (κ2) is 5.18. The second-order valence-electron chi connectivity index (χ2n) is 1.65. The topological polar surface area (TPSA) is 12.9 Å². The number of nitrogens with zero attached hydrogens (tertiary/aromatic N) is 1. The number of aromatic nitrogens is 1. The molecule has 1 rings (SSSR count). The van der Waals surface area contributed by atoms with Gasteiger partial charge in [-0.2, -0.15) is 0 Å². The van der Waals surface area contributed by atoms with Gasteiger partial charge in [0.15, 0.2) is 0 Å². The lowest BCUT2D eigenvalue weighted by Gasteiger charge is -1.85. The Labute approximate surface area is 66.4 Å². The van der Waals surface area contributed by atoms with E-state index in [1.54, 1.807) is 11.3 Å². The molecule has 0 spiro atoms. The fraction of sp³-hybridized carbons (Fsp3) is 0.375. The summed E-state index contributed by atoms with van der Waals surface area (Å²) in [5.41, 5.74) is 3.85. The van der Waals surface area contributed by atoms with Crippen LogP contribution in [0, 0.1) is 0 Å². The highest BCUT2D eigenvalue weighted by Gasteiger charge is 1.90. The first-order valence-electron chi connectivity index (χ1n) is 3.35. The summed E-state index contributed by atoms with van der Waals surface area (Å²) in [5.74, 6) is 0. The molecule has 0 fully saturated rings. The molecule has 0 bridgehead atoms. The largest absolute Gasteiger partial charge is 0.245 e. The number of hydrogen-bond donors (Lipinski definition) is 0. The summed E-state index contributed by atoms with van der Waals surface area (Å²) in [6, 6.07) is 0. The second-order valence-corrected chi connectivity index (χ2v) is 2.37. The molecule has 0 unspecified atom stereocenters. The van der Waals surface area contributed by atoms with Gasteiger partial charge < -0.3 is 0 Å². The van der Waals surface area contributed by atoms with E-state index in [9.17, 15) is 0 Å². The fourth-order valence-corrected chi connectivity index (χ4v) is 1.05. The van der Waals surface area contributed by atoms with E-state index in [4.69, 9.17) is 0 Å². The molecule has 0 aliphatic heterocycles. The van der Waals surface area contributed by atoms with Crippen molar-refractivity contribution in [3.63, 3.8) is 0 Å². The first-order chi connectivity index (χ1) is 4.80. The standard InChI is InChI=1S/C6H7NS.C2H6/c1-5(2)6-3-8-4-7-6;1-2/h3-4H,1H2,2H3;1-2H3. The Morgan fingerprint density at radius 1 is 1.60 bits per heavy atom. The zero-order chi connectivity index (χ0) is 7.98. The Balaban J connectivity index is 0.000000371. The Hall–Kier alpha value is -0.630. The van der Waals surface area contributed by atoms with Crippen molar-refractivity contribution < 1.29 is 0 Å². The minimum Gasteiger partial charge on any atom is -0.245 e. The maximum Gasteiger partial charge on any atom is 0.0798 e. The molecule has 0 saturated heterocycles. The van der Waals surface area contributed by atoms with Crippen molar-refractivity contribution in [2.24, 2.45) is 0 Å². The Bertz CT molecular complexity index is 177. The average Bonchev–Trinajstić information content (AvgIpc) is 2.42. The predicted molar refractivity (Wildman–Crippen MR) is 48.2 cm³/mol. The first kappa shape index (κ1) is 9.37. The van der Waals surface area contributed by atoms with E-state index in [1.165, 1.54) is 0 Å². The molecule has 0 atom stereocenters. The summed E-state index contributed by atoms with van der Waals surface area (Å²) < 4.78 is 0. The van der Waals surface area contributed by atoms with Gasteiger partial charge in [0.25, 0.3) is 0 Å². The van der Waals surface area contributed by atoms with Crippen LogP contribution in [0.1, 0.15) is 26.5 Å². The van der Waals surface area contributed by atoms with Gasteiger partial charge in [0.05, 0.1) is 11.2 Å². The maximum absolute atomic E-state index is 4.03. The zero-order valence-electron chi connectivity index (χ0n) is 6.72. The molecule has 0 aromatic carbocycles. The third kappa shape index (κ3) is 2.78. The van der Waals surface area contributed by atoms with Gasteiger partial charge in [0, 0.05) is 5.38 Å². The van der Waals surface area contributed by atoms with E-state index in [2.05, 4.69) is 11.6 Å². The smallest absolute Gasteiger partial charge is 0.0798 e. The fourth-order valence-electron chi connectivity index (χ4n) is 0.423. The van der Waals surface area contributed by atoms with Gasteiger partial charge in [0.1, 0.15) is 0 Å². The molecule has 1 nitrogen and oxygen atoms in total. The van der Waals surface area contributed by atoms with E-state index < -0.39 is 0 Å². The summed E-state index contributed by atoms with van der Waals surface area (Å²) in [7, 11) is 0. The van der Waals surface area contributed by atoms with E-state index in [0.717, 1.165) is 11.3 Å². The molecule has 0 aliphatic carbocycles. The lowest BCUT2D eigenvalue weighted by atomic mass is 10.3. The quantitative estimate of drug-likeness (QED) is 0.607. The molecule has 2 heteroatoms. The third-order valence-corrected chi connectivity index (χ3v) is 1.46. The van der Waals surface area contributed by atoms with Crippen LogP contribution in [-0.4, -0.2) is 4.98 Å². The van der Waals surface area contributed by atoms with Crippen LogP contribution in [0.3, 0.4) is 0 Å². The van der Waals surface area contributed by atoms with Crippen LogP contribution >= 0.6 is 11.3 Å².